The number of benzene rings is 2. The Morgan fingerprint density at radius 2 is 1.85 bits per heavy atom. The molecule has 34 heavy (non-hydrogen) atoms. The molecule has 3 aliphatic rings. The molecule has 2 heterocycles. The van der Waals surface area contributed by atoms with Crippen LogP contribution in [0.1, 0.15) is 50.1 Å². The minimum atomic E-state index is -3.31. The van der Waals surface area contributed by atoms with Crippen LogP contribution in [0.25, 0.3) is 22.2 Å². The molecular weight excluding hydrogens is 450 g/mol. The zero-order chi connectivity index (χ0) is 23.3. The molecule has 0 radical (unpaired) electrons. The standard InChI is InChI=1S/C26H27N3O4S/c27-15-24-23-11-8-20(33-21-12-13-32-16-21)14-25(23)29(19-2-1-3-19)26(24)17-4-6-18(7-5-17)28-34(30,31)22-9-10-22/h4-8,11,14,19,21-22,28H,1-3,9-10,12-13,16H2. The Hall–Kier alpha value is -3.02. The lowest BCUT2D eigenvalue weighted by molar-refractivity contribution is 0.141. The first-order valence-electron chi connectivity index (χ1n) is 12.0. The molecule has 3 aromatic rings. The van der Waals surface area contributed by atoms with Crippen LogP contribution in [0.5, 0.6) is 5.75 Å². The summed E-state index contributed by atoms with van der Waals surface area (Å²) in [5.41, 5.74) is 3.99. The number of ether oxygens (including phenoxy) is 2. The Labute approximate surface area is 199 Å². The molecule has 0 spiro atoms. The summed E-state index contributed by atoms with van der Waals surface area (Å²) < 4.78 is 41.2. The minimum Gasteiger partial charge on any atom is -0.488 e. The van der Waals surface area contributed by atoms with Gasteiger partial charge in [0.1, 0.15) is 17.9 Å². The summed E-state index contributed by atoms with van der Waals surface area (Å²) in [6, 6.07) is 16.1. The highest BCUT2D eigenvalue weighted by molar-refractivity contribution is 7.93. The highest BCUT2D eigenvalue weighted by atomic mass is 32.2. The number of aromatic nitrogens is 1. The first-order valence-corrected chi connectivity index (χ1v) is 13.5. The molecule has 1 aromatic heterocycles. The van der Waals surface area contributed by atoms with Crippen molar-refractivity contribution in [3.63, 3.8) is 0 Å². The zero-order valence-corrected chi connectivity index (χ0v) is 19.7. The monoisotopic (exact) mass is 477 g/mol. The van der Waals surface area contributed by atoms with Crippen LogP contribution >= 0.6 is 0 Å². The van der Waals surface area contributed by atoms with Crippen LogP contribution in [0.4, 0.5) is 5.69 Å². The lowest BCUT2D eigenvalue weighted by atomic mass is 9.92. The van der Waals surface area contributed by atoms with Crippen LogP contribution in [0.3, 0.4) is 0 Å². The molecule has 1 unspecified atom stereocenters. The van der Waals surface area contributed by atoms with E-state index in [0.717, 1.165) is 66.6 Å². The third-order valence-corrected chi connectivity index (χ3v) is 8.97. The highest BCUT2D eigenvalue weighted by Gasteiger charge is 2.35. The molecule has 2 aliphatic carbocycles. The van der Waals surface area contributed by atoms with Crippen molar-refractivity contribution >= 4 is 26.6 Å². The van der Waals surface area contributed by atoms with Gasteiger partial charge in [0.15, 0.2) is 0 Å². The van der Waals surface area contributed by atoms with Crippen molar-refractivity contribution in [1.29, 1.82) is 5.26 Å². The summed E-state index contributed by atoms with van der Waals surface area (Å²) in [5.74, 6) is 0.793. The van der Waals surface area contributed by atoms with E-state index in [4.69, 9.17) is 9.47 Å². The Morgan fingerprint density at radius 3 is 2.47 bits per heavy atom. The first-order chi connectivity index (χ1) is 16.5. The van der Waals surface area contributed by atoms with E-state index in [2.05, 4.69) is 21.4 Å². The predicted molar refractivity (Wildman–Crippen MR) is 130 cm³/mol. The van der Waals surface area contributed by atoms with Crippen LogP contribution in [-0.4, -0.2) is 37.6 Å². The van der Waals surface area contributed by atoms with Crippen molar-refractivity contribution in [2.24, 2.45) is 0 Å². The molecule has 176 valence electrons. The number of fused-ring (bicyclic) bond motifs is 1. The molecule has 1 atom stereocenters. The van der Waals surface area contributed by atoms with Crippen molar-refractivity contribution < 1.29 is 17.9 Å². The van der Waals surface area contributed by atoms with Gasteiger partial charge in [0.2, 0.25) is 10.0 Å². The van der Waals surface area contributed by atoms with Gasteiger partial charge < -0.3 is 14.0 Å². The predicted octanol–water partition coefficient (Wildman–Crippen LogP) is 4.98. The summed E-state index contributed by atoms with van der Waals surface area (Å²) in [6.07, 6.45) is 5.70. The van der Waals surface area contributed by atoms with Crippen molar-refractivity contribution in [3.8, 4) is 23.1 Å². The maximum absolute atomic E-state index is 12.3. The summed E-state index contributed by atoms with van der Waals surface area (Å²) in [4.78, 5) is 0. The molecule has 1 saturated heterocycles. The topological polar surface area (TPSA) is 93.4 Å². The van der Waals surface area contributed by atoms with Gasteiger partial charge in [-0.25, -0.2) is 8.42 Å². The summed E-state index contributed by atoms with van der Waals surface area (Å²) in [5, 5.41) is 10.8. The smallest absolute Gasteiger partial charge is 0.235 e. The third-order valence-electron chi connectivity index (χ3n) is 7.10. The van der Waals surface area contributed by atoms with Crippen molar-refractivity contribution in [3.05, 3.63) is 48.0 Å². The lowest BCUT2D eigenvalue weighted by Gasteiger charge is -2.30. The van der Waals surface area contributed by atoms with Crippen LogP contribution in [0, 0.1) is 11.3 Å². The van der Waals surface area contributed by atoms with Gasteiger partial charge in [-0.2, -0.15) is 5.26 Å². The van der Waals surface area contributed by atoms with E-state index >= 15 is 0 Å². The average Bonchev–Trinajstić information content (AvgIpc) is 3.47. The van der Waals surface area contributed by atoms with Gasteiger partial charge in [0, 0.05) is 29.6 Å². The van der Waals surface area contributed by atoms with E-state index in [1.807, 2.05) is 24.3 Å². The SMILES string of the molecule is N#Cc1c(-c2ccc(NS(=O)(=O)C3CC3)cc2)n(C2CCC2)c2cc(OC3CCOC3)ccc12. The largest absolute Gasteiger partial charge is 0.488 e. The number of anilines is 1. The molecule has 2 saturated carbocycles. The number of rotatable bonds is 7. The van der Waals surface area contributed by atoms with Gasteiger partial charge in [0.05, 0.1) is 35.2 Å². The van der Waals surface area contributed by atoms with Gasteiger partial charge in [-0.05, 0) is 61.9 Å². The Balaban J connectivity index is 1.41. The van der Waals surface area contributed by atoms with Gasteiger partial charge >= 0.3 is 0 Å². The van der Waals surface area contributed by atoms with Crippen molar-refractivity contribution in [2.45, 2.75) is 55.9 Å². The lowest BCUT2D eigenvalue weighted by Crippen LogP contribution is -2.18. The molecule has 7 nitrogen and oxygen atoms in total. The second kappa shape index (κ2) is 8.33. The van der Waals surface area contributed by atoms with E-state index in [1.54, 1.807) is 12.1 Å². The third kappa shape index (κ3) is 3.83. The number of sulfonamides is 1. The van der Waals surface area contributed by atoms with E-state index in [0.29, 0.717) is 23.9 Å². The van der Waals surface area contributed by atoms with Gasteiger partial charge in [-0.3, -0.25) is 4.72 Å². The summed E-state index contributed by atoms with van der Waals surface area (Å²) in [6.45, 7) is 1.33. The fourth-order valence-electron chi connectivity index (χ4n) is 4.91. The number of nitrogens with one attached hydrogen (secondary N) is 1. The maximum Gasteiger partial charge on any atom is 0.235 e. The molecule has 0 bridgehead atoms. The quantitative estimate of drug-likeness (QED) is 0.518. The van der Waals surface area contributed by atoms with E-state index in [1.165, 1.54) is 6.42 Å². The fraction of sp³-hybridized carbons (Fsp3) is 0.423. The number of nitriles is 1. The van der Waals surface area contributed by atoms with E-state index in [-0.39, 0.29) is 11.4 Å². The van der Waals surface area contributed by atoms with Gasteiger partial charge in [0.25, 0.3) is 0 Å². The molecule has 1 aliphatic heterocycles. The normalized spacial score (nSPS) is 20.7. The average molecular weight is 478 g/mol. The second-order valence-corrected chi connectivity index (χ2v) is 11.5. The number of hydrogen-bond acceptors (Lipinski definition) is 5. The van der Waals surface area contributed by atoms with Crippen LogP contribution in [0.2, 0.25) is 0 Å². The second-order valence-electron chi connectivity index (χ2n) is 9.50. The molecule has 3 fully saturated rings. The summed E-state index contributed by atoms with van der Waals surface area (Å²) in [7, 11) is -3.31. The highest BCUT2D eigenvalue weighted by Crippen LogP contribution is 2.43. The van der Waals surface area contributed by atoms with E-state index < -0.39 is 10.0 Å². The summed E-state index contributed by atoms with van der Waals surface area (Å²) >= 11 is 0. The molecule has 2 aromatic carbocycles. The molecule has 6 rings (SSSR count). The van der Waals surface area contributed by atoms with Crippen LogP contribution in [-0.2, 0) is 14.8 Å². The van der Waals surface area contributed by atoms with Crippen LogP contribution < -0.4 is 9.46 Å². The van der Waals surface area contributed by atoms with E-state index in [9.17, 15) is 13.7 Å². The van der Waals surface area contributed by atoms with Crippen LogP contribution in [0.15, 0.2) is 42.5 Å². The Morgan fingerprint density at radius 1 is 1.06 bits per heavy atom. The minimum absolute atomic E-state index is 0.0615. The van der Waals surface area contributed by atoms with Gasteiger partial charge in [-0.15, -0.1) is 0 Å². The number of hydrogen-bond donors (Lipinski definition) is 1. The Kier molecular flexibility index (Phi) is 5.27. The zero-order valence-electron chi connectivity index (χ0n) is 18.9. The number of nitrogens with zero attached hydrogens (tertiary/aromatic N) is 2. The molecule has 0 amide bonds. The van der Waals surface area contributed by atoms with Crippen molar-refractivity contribution in [2.75, 3.05) is 17.9 Å². The molecule has 1 N–H and O–H groups in total. The molecular formula is C26H27N3O4S. The van der Waals surface area contributed by atoms with Gasteiger partial charge in [-0.1, -0.05) is 12.1 Å². The Bertz CT molecular complexity index is 1370. The fourth-order valence-corrected chi connectivity index (χ4v) is 6.29. The maximum atomic E-state index is 12.3. The van der Waals surface area contributed by atoms with Crippen molar-refractivity contribution in [1.82, 2.24) is 4.57 Å². The molecule has 8 heteroatoms. The first kappa shape index (κ1) is 21.5.